The molecule has 5 nitrogen and oxygen atoms in total. The number of rotatable bonds is 1. The van der Waals surface area contributed by atoms with Crippen LogP contribution in [-0.4, -0.2) is 24.8 Å². The van der Waals surface area contributed by atoms with E-state index in [1.807, 2.05) is 0 Å². The van der Waals surface area contributed by atoms with Crippen molar-refractivity contribution in [2.24, 2.45) is 9.98 Å². The average Bonchev–Trinajstić information content (AvgIpc) is 2.76. The molecule has 2 amide bonds. The third-order valence-corrected chi connectivity index (χ3v) is 2.63. The Morgan fingerprint density at radius 1 is 1.24 bits per heavy atom. The van der Waals surface area contributed by atoms with Crippen molar-refractivity contribution in [1.82, 2.24) is 5.32 Å². The Bertz CT molecular complexity index is 493. The summed E-state index contributed by atoms with van der Waals surface area (Å²) < 4.78 is 0. The quantitative estimate of drug-likeness (QED) is 0.809. The van der Waals surface area contributed by atoms with Gasteiger partial charge in [0, 0.05) is 0 Å². The van der Waals surface area contributed by atoms with Gasteiger partial charge in [-0.25, -0.2) is 9.79 Å². The highest BCUT2D eigenvalue weighted by atomic mass is 35.5. The number of hydrogen-bond donors (Lipinski definition) is 2. The van der Waals surface area contributed by atoms with E-state index in [9.17, 15) is 4.79 Å². The SMILES string of the molecule is O=C(NC1=NC=NC1)Nc1c(Cl)cccc1Cl. The zero-order chi connectivity index (χ0) is 12.3. The molecule has 2 N–H and O–H groups in total. The molecular weight excluding hydrogens is 263 g/mol. The number of urea groups is 1. The second-order valence-electron chi connectivity index (χ2n) is 3.21. The van der Waals surface area contributed by atoms with E-state index in [-0.39, 0.29) is 0 Å². The van der Waals surface area contributed by atoms with Crippen molar-refractivity contribution < 1.29 is 4.79 Å². The molecule has 0 fully saturated rings. The molecule has 0 bridgehead atoms. The molecule has 88 valence electrons. The zero-order valence-electron chi connectivity index (χ0n) is 8.58. The van der Waals surface area contributed by atoms with Crippen LogP contribution in [0.25, 0.3) is 0 Å². The molecule has 0 saturated carbocycles. The lowest BCUT2D eigenvalue weighted by atomic mass is 10.3. The minimum absolute atomic E-state index is 0.365. The summed E-state index contributed by atoms with van der Waals surface area (Å²) in [5.74, 6) is 0.477. The normalized spacial score (nSPS) is 13.4. The van der Waals surface area contributed by atoms with Crippen molar-refractivity contribution in [2.75, 3.05) is 11.9 Å². The van der Waals surface area contributed by atoms with Crippen LogP contribution >= 0.6 is 23.2 Å². The lowest BCUT2D eigenvalue weighted by Crippen LogP contribution is -2.35. The molecular formula is C10H8Cl2N4O. The zero-order valence-corrected chi connectivity index (χ0v) is 10.1. The highest BCUT2D eigenvalue weighted by molar-refractivity contribution is 6.39. The summed E-state index contributed by atoms with van der Waals surface area (Å²) in [6.07, 6.45) is 1.39. The van der Waals surface area contributed by atoms with Crippen molar-refractivity contribution in [1.29, 1.82) is 0 Å². The number of benzene rings is 1. The Morgan fingerprint density at radius 3 is 2.53 bits per heavy atom. The summed E-state index contributed by atoms with van der Waals surface area (Å²) in [6.45, 7) is 0.365. The van der Waals surface area contributed by atoms with Gasteiger partial charge in [0.2, 0.25) is 0 Å². The molecule has 1 aromatic carbocycles. The van der Waals surface area contributed by atoms with E-state index >= 15 is 0 Å². The van der Waals surface area contributed by atoms with Gasteiger partial charge in [0.25, 0.3) is 0 Å². The Labute approximate surface area is 108 Å². The number of nitrogens with zero attached hydrogens (tertiary/aromatic N) is 2. The van der Waals surface area contributed by atoms with Crippen LogP contribution in [0.3, 0.4) is 0 Å². The Morgan fingerprint density at radius 2 is 1.94 bits per heavy atom. The van der Waals surface area contributed by atoms with E-state index in [4.69, 9.17) is 23.2 Å². The van der Waals surface area contributed by atoms with E-state index in [2.05, 4.69) is 20.6 Å². The van der Waals surface area contributed by atoms with Gasteiger partial charge in [0.15, 0.2) is 0 Å². The summed E-state index contributed by atoms with van der Waals surface area (Å²) in [5.41, 5.74) is 0.368. The van der Waals surface area contributed by atoms with Crippen LogP contribution in [0.4, 0.5) is 10.5 Å². The number of anilines is 1. The van der Waals surface area contributed by atoms with Crippen LogP contribution < -0.4 is 10.6 Å². The molecule has 2 rings (SSSR count). The van der Waals surface area contributed by atoms with Gasteiger partial charge in [-0.3, -0.25) is 10.3 Å². The fourth-order valence-electron chi connectivity index (χ4n) is 1.24. The first-order valence-corrected chi connectivity index (χ1v) is 5.49. The molecule has 1 aromatic rings. The number of hydrogen-bond acceptors (Lipinski definition) is 3. The number of aliphatic imine (C=N–C) groups is 2. The molecule has 0 unspecified atom stereocenters. The van der Waals surface area contributed by atoms with Gasteiger partial charge in [-0.15, -0.1) is 0 Å². The smallest absolute Gasteiger partial charge is 0.305 e. The van der Waals surface area contributed by atoms with Crippen LogP contribution in [0.15, 0.2) is 28.2 Å². The minimum atomic E-state index is -0.454. The topological polar surface area (TPSA) is 65.8 Å². The highest BCUT2D eigenvalue weighted by Crippen LogP contribution is 2.29. The van der Waals surface area contributed by atoms with Crippen molar-refractivity contribution in [3.05, 3.63) is 28.2 Å². The summed E-state index contributed by atoms with van der Waals surface area (Å²) in [5, 5.41) is 5.84. The molecule has 1 heterocycles. The maximum absolute atomic E-state index is 11.6. The minimum Gasteiger partial charge on any atom is -0.305 e. The standard InChI is InChI=1S/C10H8Cl2N4O/c11-6-2-1-3-7(12)9(6)16-10(17)15-8-4-13-5-14-8/h1-3,5H,4H2,(H2,13,14,15,16,17). The maximum Gasteiger partial charge on any atom is 0.324 e. The second kappa shape index (κ2) is 5.16. The van der Waals surface area contributed by atoms with Crippen LogP contribution in [0, 0.1) is 0 Å². The number of amidine groups is 1. The molecule has 17 heavy (non-hydrogen) atoms. The van der Waals surface area contributed by atoms with Crippen molar-refractivity contribution in [2.45, 2.75) is 0 Å². The number of carbonyl (C=O) groups is 1. The maximum atomic E-state index is 11.6. The van der Waals surface area contributed by atoms with Gasteiger partial charge in [-0.2, -0.15) is 0 Å². The van der Waals surface area contributed by atoms with E-state index in [1.54, 1.807) is 18.2 Å². The van der Waals surface area contributed by atoms with Gasteiger partial charge in [0.1, 0.15) is 12.2 Å². The first-order valence-electron chi connectivity index (χ1n) is 4.74. The molecule has 0 atom stereocenters. The molecule has 0 saturated heterocycles. The summed E-state index contributed by atoms with van der Waals surface area (Å²) in [4.78, 5) is 19.3. The van der Waals surface area contributed by atoms with Gasteiger partial charge < -0.3 is 5.32 Å². The first-order chi connectivity index (χ1) is 8.16. The van der Waals surface area contributed by atoms with E-state index in [1.165, 1.54) is 6.34 Å². The van der Waals surface area contributed by atoms with Crippen molar-refractivity contribution >= 4 is 47.1 Å². The monoisotopic (exact) mass is 270 g/mol. The number of amides is 2. The number of halogens is 2. The van der Waals surface area contributed by atoms with Crippen LogP contribution in [-0.2, 0) is 0 Å². The van der Waals surface area contributed by atoms with Gasteiger partial charge in [0.05, 0.1) is 22.3 Å². The fourth-order valence-corrected chi connectivity index (χ4v) is 1.74. The lowest BCUT2D eigenvalue weighted by molar-refractivity contribution is 0.256. The number of carbonyl (C=O) groups excluding carboxylic acids is 1. The molecule has 0 spiro atoms. The number of nitrogens with one attached hydrogen (secondary N) is 2. The van der Waals surface area contributed by atoms with E-state index < -0.39 is 6.03 Å². The lowest BCUT2D eigenvalue weighted by Gasteiger charge is -2.09. The van der Waals surface area contributed by atoms with Crippen molar-refractivity contribution in [3.63, 3.8) is 0 Å². The van der Waals surface area contributed by atoms with Gasteiger partial charge in [-0.05, 0) is 12.1 Å². The molecule has 1 aliphatic heterocycles. The van der Waals surface area contributed by atoms with Crippen LogP contribution in [0.5, 0.6) is 0 Å². The summed E-state index contributed by atoms with van der Waals surface area (Å²) in [7, 11) is 0. The molecule has 0 aliphatic carbocycles. The van der Waals surface area contributed by atoms with E-state index in [0.29, 0.717) is 28.1 Å². The Kier molecular flexibility index (Phi) is 3.61. The Hall–Kier alpha value is -1.59. The first kappa shape index (κ1) is 11.9. The van der Waals surface area contributed by atoms with Crippen molar-refractivity contribution in [3.8, 4) is 0 Å². The summed E-state index contributed by atoms with van der Waals surface area (Å²) >= 11 is 11.8. The van der Waals surface area contributed by atoms with E-state index in [0.717, 1.165) is 0 Å². The molecule has 0 radical (unpaired) electrons. The van der Waals surface area contributed by atoms with Crippen LogP contribution in [0.2, 0.25) is 10.0 Å². The fraction of sp³-hybridized carbons (Fsp3) is 0.100. The predicted octanol–water partition coefficient (Wildman–Crippen LogP) is 2.56. The predicted molar refractivity (Wildman–Crippen MR) is 69.4 cm³/mol. The third-order valence-electron chi connectivity index (χ3n) is 2.00. The third kappa shape index (κ3) is 2.95. The highest BCUT2D eigenvalue weighted by Gasteiger charge is 2.11. The second-order valence-corrected chi connectivity index (χ2v) is 4.02. The largest absolute Gasteiger partial charge is 0.324 e. The molecule has 0 aromatic heterocycles. The molecule has 1 aliphatic rings. The average molecular weight is 271 g/mol. The summed E-state index contributed by atoms with van der Waals surface area (Å²) in [6, 6.07) is 4.52. The van der Waals surface area contributed by atoms with Gasteiger partial charge >= 0.3 is 6.03 Å². The Balaban J connectivity index is 2.03. The van der Waals surface area contributed by atoms with Gasteiger partial charge in [-0.1, -0.05) is 29.3 Å². The van der Waals surface area contributed by atoms with Crippen LogP contribution in [0.1, 0.15) is 0 Å². The number of para-hydroxylation sites is 1. The molecule has 7 heteroatoms.